The van der Waals surface area contributed by atoms with E-state index in [1.165, 1.54) is 31.2 Å². The molecular weight excluding hydrogens is 207 g/mol. The second kappa shape index (κ2) is 4.60. The molecule has 0 spiro atoms. The number of pyridine rings is 1. The molecule has 1 unspecified atom stereocenters. The van der Waals surface area contributed by atoms with Gasteiger partial charge in [0.2, 0.25) is 5.95 Å². The van der Waals surface area contributed by atoms with E-state index in [0.29, 0.717) is 18.0 Å². The fraction of sp³-hybridized carbons (Fsp3) is 0.500. The Bertz CT molecular complexity index is 373. The Morgan fingerprint density at radius 3 is 2.94 bits per heavy atom. The summed E-state index contributed by atoms with van der Waals surface area (Å²) in [5.74, 6) is 0.548. The van der Waals surface area contributed by atoms with E-state index in [9.17, 15) is 9.18 Å². The minimum Gasteiger partial charge on any atom is -0.352 e. The summed E-state index contributed by atoms with van der Waals surface area (Å²) >= 11 is 0. The number of carbonyl (C=O) groups excluding carboxylic acids is 1. The van der Waals surface area contributed by atoms with Gasteiger partial charge >= 0.3 is 0 Å². The molecule has 4 heteroatoms. The quantitative estimate of drug-likeness (QED) is 0.792. The van der Waals surface area contributed by atoms with Crippen LogP contribution >= 0.6 is 0 Å². The fourth-order valence-corrected chi connectivity index (χ4v) is 1.70. The minimum absolute atomic E-state index is 0.181. The van der Waals surface area contributed by atoms with Gasteiger partial charge in [-0.2, -0.15) is 4.39 Å². The SMILES string of the molecule is CC(CNC(=O)c1ccc(F)nc1)C1CC1. The van der Waals surface area contributed by atoms with Crippen molar-refractivity contribution >= 4 is 5.91 Å². The first-order chi connectivity index (χ1) is 7.66. The third-order valence-electron chi connectivity index (χ3n) is 3.00. The van der Waals surface area contributed by atoms with Gasteiger partial charge in [0.05, 0.1) is 5.56 Å². The van der Waals surface area contributed by atoms with Gasteiger partial charge in [-0.05, 0) is 36.8 Å². The Hall–Kier alpha value is -1.45. The second-order valence-electron chi connectivity index (χ2n) is 4.39. The summed E-state index contributed by atoms with van der Waals surface area (Å²) in [6.45, 7) is 2.82. The minimum atomic E-state index is -0.567. The molecule has 1 atom stereocenters. The largest absolute Gasteiger partial charge is 0.352 e. The highest BCUT2D eigenvalue weighted by Crippen LogP contribution is 2.36. The van der Waals surface area contributed by atoms with Crippen LogP contribution in [-0.4, -0.2) is 17.4 Å². The van der Waals surface area contributed by atoms with Crippen LogP contribution in [0, 0.1) is 17.8 Å². The number of hydrogen-bond acceptors (Lipinski definition) is 2. The summed E-state index contributed by atoms with van der Waals surface area (Å²) in [5.41, 5.74) is 0.407. The number of nitrogens with zero attached hydrogens (tertiary/aromatic N) is 1. The summed E-state index contributed by atoms with van der Waals surface area (Å²) in [7, 11) is 0. The first-order valence-electron chi connectivity index (χ1n) is 5.56. The standard InChI is InChI=1S/C12H15FN2O/c1-8(9-2-3-9)6-15-12(16)10-4-5-11(13)14-7-10/h4-5,7-9H,2-3,6H2,1H3,(H,15,16). The van der Waals surface area contributed by atoms with Crippen LogP contribution in [0.1, 0.15) is 30.1 Å². The highest BCUT2D eigenvalue weighted by atomic mass is 19.1. The van der Waals surface area contributed by atoms with E-state index < -0.39 is 5.95 Å². The molecule has 1 aliphatic carbocycles. The van der Waals surface area contributed by atoms with Gasteiger partial charge in [0.15, 0.2) is 0 Å². The smallest absolute Gasteiger partial charge is 0.252 e. The molecule has 86 valence electrons. The lowest BCUT2D eigenvalue weighted by Crippen LogP contribution is -2.29. The van der Waals surface area contributed by atoms with Crippen LogP contribution in [0.25, 0.3) is 0 Å². The molecule has 1 fully saturated rings. The van der Waals surface area contributed by atoms with Gasteiger partial charge in [0.1, 0.15) is 0 Å². The van der Waals surface area contributed by atoms with Crippen LogP contribution in [0.2, 0.25) is 0 Å². The Balaban J connectivity index is 1.85. The lowest BCUT2D eigenvalue weighted by Gasteiger charge is -2.11. The van der Waals surface area contributed by atoms with Crippen LogP contribution in [0.15, 0.2) is 18.3 Å². The zero-order valence-corrected chi connectivity index (χ0v) is 9.24. The van der Waals surface area contributed by atoms with Crippen molar-refractivity contribution in [3.63, 3.8) is 0 Å². The molecule has 1 amide bonds. The molecule has 1 aliphatic rings. The average Bonchev–Trinajstić information content (AvgIpc) is 3.10. The zero-order chi connectivity index (χ0) is 11.5. The van der Waals surface area contributed by atoms with E-state index in [0.717, 1.165) is 5.92 Å². The van der Waals surface area contributed by atoms with Crippen molar-refractivity contribution in [2.75, 3.05) is 6.54 Å². The monoisotopic (exact) mass is 222 g/mol. The zero-order valence-electron chi connectivity index (χ0n) is 9.24. The Kier molecular flexibility index (Phi) is 3.17. The van der Waals surface area contributed by atoms with Crippen LogP contribution in [0.5, 0.6) is 0 Å². The van der Waals surface area contributed by atoms with Gasteiger partial charge in [0.25, 0.3) is 5.91 Å². The van der Waals surface area contributed by atoms with Crippen LogP contribution in [0.3, 0.4) is 0 Å². The van der Waals surface area contributed by atoms with Crippen molar-refractivity contribution in [1.82, 2.24) is 10.3 Å². The van der Waals surface area contributed by atoms with Gasteiger partial charge in [-0.3, -0.25) is 4.79 Å². The summed E-state index contributed by atoms with van der Waals surface area (Å²) in [6, 6.07) is 2.64. The molecule has 1 aromatic rings. The molecule has 16 heavy (non-hydrogen) atoms. The molecular formula is C12H15FN2O. The number of hydrogen-bond donors (Lipinski definition) is 1. The summed E-state index contributed by atoms with van der Waals surface area (Å²) in [6.07, 6.45) is 3.80. The van der Waals surface area contributed by atoms with Crippen LogP contribution < -0.4 is 5.32 Å². The van der Waals surface area contributed by atoms with Crippen LogP contribution in [0.4, 0.5) is 4.39 Å². The first kappa shape index (κ1) is 11.0. The highest BCUT2D eigenvalue weighted by Gasteiger charge is 2.27. The third kappa shape index (κ3) is 2.78. The molecule has 2 rings (SSSR count). The molecule has 1 N–H and O–H groups in total. The number of aromatic nitrogens is 1. The number of amides is 1. The second-order valence-corrected chi connectivity index (χ2v) is 4.39. The summed E-state index contributed by atoms with van der Waals surface area (Å²) < 4.78 is 12.5. The average molecular weight is 222 g/mol. The predicted octanol–water partition coefficient (Wildman–Crippen LogP) is 2.00. The van der Waals surface area contributed by atoms with Crippen LogP contribution in [-0.2, 0) is 0 Å². The normalized spacial score (nSPS) is 16.9. The van der Waals surface area contributed by atoms with Gasteiger partial charge in [-0.1, -0.05) is 6.92 Å². The number of carbonyl (C=O) groups is 1. The van der Waals surface area contributed by atoms with Crippen molar-refractivity contribution < 1.29 is 9.18 Å². The lowest BCUT2D eigenvalue weighted by atomic mass is 10.1. The Labute approximate surface area is 94.1 Å². The molecule has 0 aromatic carbocycles. The molecule has 0 aliphatic heterocycles. The van der Waals surface area contributed by atoms with Crippen molar-refractivity contribution in [3.05, 3.63) is 29.8 Å². The lowest BCUT2D eigenvalue weighted by molar-refractivity contribution is 0.0946. The number of nitrogens with one attached hydrogen (secondary N) is 1. The topological polar surface area (TPSA) is 42.0 Å². The molecule has 0 saturated heterocycles. The van der Waals surface area contributed by atoms with E-state index in [1.807, 2.05) is 0 Å². The van der Waals surface area contributed by atoms with Crippen molar-refractivity contribution in [1.29, 1.82) is 0 Å². The van der Waals surface area contributed by atoms with Gasteiger partial charge in [0, 0.05) is 12.7 Å². The predicted molar refractivity (Wildman–Crippen MR) is 58.4 cm³/mol. The van der Waals surface area contributed by atoms with Gasteiger partial charge < -0.3 is 5.32 Å². The number of rotatable bonds is 4. The highest BCUT2D eigenvalue weighted by molar-refractivity contribution is 5.93. The molecule has 0 bridgehead atoms. The summed E-state index contributed by atoms with van der Waals surface area (Å²) in [4.78, 5) is 15.1. The summed E-state index contributed by atoms with van der Waals surface area (Å²) in [5, 5.41) is 2.84. The van der Waals surface area contributed by atoms with E-state index >= 15 is 0 Å². The van der Waals surface area contributed by atoms with E-state index in [4.69, 9.17) is 0 Å². The van der Waals surface area contributed by atoms with E-state index in [1.54, 1.807) is 0 Å². The van der Waals surface area contributed by atoms with E-state index in [-0.39, 0.29) is 5.91 Å². The maximum absolute atomic E-state index is 12.5. The van der Waals surface area contributed by atoms with Gasteiger partial charge in [-0.25, -0.2) is 4.98 Å². The maximum atomic E-state index is 12.5. The molecule has 3 nitrogen and oxygen atoms in total. The third-order valence-corrected chi connectivity index (χ3v) is 3.00. The van der Waals surface area contributed by atoms with Crippen molar-refractivity contribution in [2.45, 2.75) is 19.8 Å². The Morgan fingerprint density at radius 1 is 1.62 bits per heavy atom. The molecule has 1 heterocycles. The van der Waals surface area contributed by atoms with Gasteiger partial charge in [-0.15, -0.1) is 0 Å². The van der Waals surface area contributed by atoms with Crippen molar-refractivity contribution in [2.24, 2.45) is 11.8 Å². The van der Waals surface area contributed by atoms with Crippen molar-refractivity contribution in [3.8, 4) is 0 Å². The molecule has 0 radical (unpaired) electrons. The number of halogens is 1. The van der Waals surface area contributed by atoms with E-state index in [2.05, 4.69) is 17.2 Å². The maximum Gasteiger partial charge on any atom is 0.252 e. The first-order valence-corrected chi connectivity index (χ1v) is 5.56. The molecule has 1 aromatic heterocycles. The fourth-order valence-electron chi connectivity index (χ4n) is 1.70. The Morgan fingerprint density at radius 2 is 2.38 bits per heavy atom. The molecule has 1 saturated carbocycles.